The average molecular weight is 545 g/mol. The molecule has 0 aromatic heterocycles. The van der Waals surface area contributed by atoms with E-state index in [1.807, 2.05) is 24.5 Å². The van der Waals surface area contributed by atoms with E-state index in [2.05, 4.69) is 26.0 Å². The Kier molecular flexibility index (Phi) is 11.9. The molecule has 0 spiro atoms. The van der Waals surface area contributed by atoms with Gasteiger partial charge in [0.1, 0.15) is 11.6 Å². The number of para-hydroxylation sites is 2. The normalized spacial score (nSPS) is 11.6. The van der Waals surface area contributed by atoms with E-state index < -0.39 is 23.8 Å². The minimum atomic E-state index is -0.831. The maximum absolute atomic E-state index is 12.8. The largest absolute Gasteiger partial charge is 0.453 e. The van der Waals surface area contributed by atoms with Crippen molar-refractivity contribution in [3.63, 3.8) is 0 Å². The van der Waals surface area contributed by atoms with E-state index in [4.69, 9.17) is 4.74 Å². The third kappa shape index (κ3) is 11.1. The van der Waals surface area contributed by atoms with Crippen molar-refractivity contribution < 1.29 is 28.7 Å². The van der Waals surface area contributed by atoms with E-state index >= 15 is 0 Å². The lowest BCUT2D eigenvalue weighted by Crippen LogP contribution is -2.43. The average Bonchev–Trinajstić information content (AvgIpc) is 2.85. The first-order chi connectivity index (χ1) is 18.0. The summed E-state index contributed by atoms with van der Waals surface area (Å²) in [6.07, 6.45) is 2.07. The first-order valence-electron chi connectivity index (χ1n) is 12.2. The first-order valence-corrected chi connectivity index (χ1v) is 13.4. The van der Waals surface area contributed by atoms with Crippen molar-refractivity contribution in [1.82, 2.24) is 5.32 Å². The molecule has 0 saturated carbocycles. The fourth-order valence-electron chi connectivity index (χ4n) is 3.36. The van der Waals surface area contributed by atoms with Crippen LogP contribution in [-0.4, -0.2) is 49.0 Å². The molecule has 2 aromatic rings. The number of rotatable bonds is 11. The number of amides is 4. The van der Waals surface area contributed by atoms with Gasteiger partial charge in [-0.3, -0.25) is 14.9 Å². The van der Waals surface area contributed by atoms with Crippen LogP contribution in [0.15, 0.2) is 53.4 Å². The van der Waals surface area contributed by atoms with Gasteiger partial charge < -0.3 is 25.4 Å². The van der Waals surface area contributed by atoms with Crippen LogP contribution in [-0.2, 0) is 19.1 Å². The molecular weight excluding hydrogens is 508 g/mol. The Balaban J connectivity index is 1.90. The van der Waals surface area contributed by atoms with Crippen molar-refractivity contribution >= 4 is 52.8 Å². The quantitative estimate of drug-likeness (QED) is 0.213. The van der Waals surface area contributed by atoms with Crippen LogP contribution in [0.1, 0.15) is 46.5 Å². The van der Waals surface area contributed by atoms with Gasteiger partial charge in [-0.1, -0.05) is 24.6 Å². The molecule has 206 valence electrons. The highest BCUT2D eigenvalue weighted by Crippen LogP contribution is 2.23. The topological polar surface area (TPSA) is 135 Å². The summed E-state index contributed by atoms with van der Waals surface area (Å²) in [6.45, 7) is 5.29. The fourth-order valence-corrected chi connectivity index (χ4v) is 3.82. The van der Waals surface area contributed by atoms with E-state index in [-0.39, 0.29) is 18.2 Å². The number of unbranched alkanes of at least 4 members (excludes halogenated alkanes) is 1. The molecule has 4 amide bonds. The maximum Gasteiger partial charge on any atom is 0.412 e. The number of carbonyl (C=O) groups is 4. The SMILES string of the molecule is COC(=O)NC(CCCCC(=O)Nc1ccccc1NC(=O)OC(C)(C)C)C(=O)Nc1cccc(SC)c1. The Morgan fingerprint density at radius 2 is 1.58 bits per heavy atom. The number of hydrogen-bond donors (Lipinski definition) is 4. The van der Waals surface area contributed by atoms with Crippen LogP contribution in [0.5, 0.6) is 0 Å². The number of methoxy groups -OCH3 is 1. The van der Waals surface area contributed by atoms with Crippen molar-refractivity contribution in [2.24, 2.45) is 0 Å². The molecule has 0 heterocycles. The Labute approximate surface area is 227 Å². The van der Waals surface area contributed by atoms with Crippen molar-refractivity contribution in [3.05, 3.63) is 48.5 Å². The second-order valence-corrected chi connectivity index (χ2v) is 10.3. The van der Waals surface area contributed by atoms with E-state index in [1.165, 1.54) is 7.11 Å². The highest BCUT2D eigenvalue weighted by Gasteiger charge is 2.22. The summed E-state index contributed by atoms with van der Waals surface area (Å²) in [4.78, 5) is 50.3. The molecule has 2 aromatic carbocycles. The van der Waals surface area contributed by atoms with Crippen molar-refractivity contribution in [2.75, 3.05) is 29.3 Å². The second-order valence-electron chi connectivity index (χ2n) is 9.38. The molecule has 2 rings (SSSR count). The molecular formula is C27H36N4O6S. The first kappa shape index (κ1) is 30.5. The molecule has 0 saturated heterocycles. The molecule has 1 unspecified atom stereocenters. The third-order valence-electron chi connectivity index (χ3n) is 5.11. The zero-order chi connectivity index (χ0) is 28.1. The molecule has 0 fully saturated rings. The van der Waals surface area contributed by atoms with Gasteiger partial charge in [0.2, 0.25) is 11.8 Å². The van der Waals surface area contributed by atoms with E-state index in [0.29, 0.717) is 36.3 Å². The zero-order valence-corrected chi connectivity index (χ0v) is 23.2. The summed E-state index contributed by atoms with van der Waals surface area (Å²) >= 11 is 1.55. The number of thioether (sulfide) groups is 1. The van der Waals surface area contributed by atoms with Gasteiger partial charge >= 0.3 is 12.2 Å². The van der Waals surface area contributed by atoms with Crippen LogP contribution < -0.4 is 21.3 Å². The van der Waals surface area contributed by atoms with Gasteiger partial charge in [0.05, 0.1) is 18.5 Å². The monoisotopic (exact) mass is 544 g/mol. The predicted molar refractivity (Wildman–Crippen MR) is 150 cm³/mol. The maximum atomic E-state index is 12.8. The van der Waals surface area contributed by atoms with Crippen LogP contribution in [0, 0.1) is 0 Å². The summed E-state index contributed by atoms with van der Waals surface area (Å²) in [5.74, 6) is -0.625. The molecule has 1 atom stereocenters. The van der Waals surface area contributed by atoms with E-state index in [0.717, 1.165) is 4.90 Å². The minimum absolute atomic E-state index is 0.184. The number of carbonyl (C=O) groups excluding carboxylic acids is 4. The number of anilines is 3. The number of nitrogens with one attached hydrogen (secondary N) is 4. The number of benzene rings is 2. The fraction of sp³-hybridized carbons (Fsp3) is 0.407. The Bertz CT molecular complexity index is 1120. The predicted octanol–water partition coefficient (Wildman–Crippen LogP) is 5.62. The van der Waals surface area contributed by atoms with Gasteiger partial charge in [-0.15, -0.1) is 11.8 Å². The molecule has 0 bridgehead atoms. The lowest BCUT2D eigenvalue weighted by molar-refractivity contribution is -0.118. The van der Waals surface area contributed by atoms with Gasteiger partial charge in [0.25, 0.3) is 0 Å². The molecule has 0 aliphatic heterocycles. The Morgan fingerprint density at radius 1 is 0.895 bits per heavy atom. The molecule has 0 aliphatic carbocycles. The smallest absolute Gasteiger partial charge is 0.412 e. The van der Waals surface area contributed by atoms with Crippen LogP contribution in [0.25, 0.3) is 0 Å². The third-order valence-corrected chi connectivity index (χ3v) is 5.84. The summed E-state index contributed by atoms with van der Waals surface area (Å²) in [6, 6.07) is 13.4. The van der Waals surface area contributed by atoms with Crippen LogP contribution >= 0.6 is 11.8 Å². The van der Waals surface area contributed by atoms with E-state index in [1.54, 1.807) is 62.9 Å². The van der Waals surface area contributed by atoms with Gasteiger partial charge in [-0.2, -0.15) is 0 Å². The minimum Gasteiger partial charge on any atom is -0.453 e. The number of alkyl carbamates (subject to hydrolysis) is 1. The molecule has 4 N–H and O–H groups in total. The van der Waals surface area contributed by atoms with E-state index in [9.17, 15) is 19.2 Å². The van der Waals surface area contributed by atoms with Gasteiger partial charge in [0.15, 0.2) is 0 Å². The second kappa shape index (κ2) is 14.9. The van der Waals surface area contributed by atoms with Gasteiger partial charge in [-0.25, -0.2) is 9.59 Å². The lowest BCUT2D eigenvalue weighted by Gasteiger charge is -2.20. The summed E-state index contributed by atoms with van der Waals surface area (Å²) < 4.78 is 9.93. The standard InChI is InChI=1S/C27H36N4O6S/c1-27(2,3)37-26(35)30-21-14-7-6-13-20(21)29-23(32)16-9-8-15-22(31-25(34)36-4)24(33)28-18-11-10-12-19(17-18)38-5/h6-7,10-14,17,22H,8-9,15-16H2,1-5H3,(H,28,33)(H,29,32)(H,30,35)(H,31,34). The summed E-state index contributed by atoms with van der Waals surface area (Å²) in [5.41, 5.74) is 0.829. The van der Waals surface area contributed by atoms with Crippen LogP contribution in [0.2, 0.25) is 0 Å². The van der Waals surface area contributed by atoms with Crippen molar-refractivity contribution in [1.29, 1.82) is 0 Å². The highest BCUT2D eigenvalue weighted by atomic mass is 32.2. The van der Waals surface area contributed by atoms with Crippen LogP contribution in [0.4, 0.5) is 26.7 Å². The van der Waals surface area contributed by atoms with Gasteiger partial charge in [0, 0.05) is 17.0 Å². The molecule has 0 radical (unpaired) electrons. The Morgan fingerprint density at radius 3 is 2.21 bits per heavy atom. The molecule has 10 nitrogen and oxygen atoms in total. The molecule has 0 aliphatic rings. The van der Waals surface area contributed by atoms with Crippen molar-refractivity contribution in [2.45, 2.75) is 63.0 Å². The summed E-state index contributed by atoms with van der Waals surface area (Å²) in [5, 5.41) is 10.8. The lowest BCUT2D eigenvalue weighted by atomic mass is 10.1. The summed E-state index contributed by atoms with van der Waals surface area (Å²) in [7, 11) is 1.23. The zero-order valence-electron chi connectivity index (χ0n) is 22.4. The Hall–Kier alpha value is -3.73. The molecule has 11 heteroatoms. The highest BCUT2D eigenvalue weighted by molar-refractivity contribution is 7.98. The van der Waals surface area contributed by atoms with Gasteiger partial charge in [-0.05, 0) is 70.2 Å². The van der Waals surface area contributed by atoms with Crippen LogP contribution in [0.3, 0.4) is 0 Å². The number of ether oxygens (including phenoxy) is 2. The number of hydrogen-bond acceptors (Lipinski definition) is 7. The molecule has 38 heavy (non-hydrogen) atoms. The van der Waals surface area contributed by atoms with Crippen molar-refractivity contribution in [3.8, 4) is 0 Å².